The standard InChI is InChI=1S/C24H23N3O2/c1-16-10-12-18(13-11-16)21(14-23(28)26-22-9-5-6-17(2)25-22)27-15-19-7-3-4-8-20(19)24(27)29/h3-13,21H,14-15H2,1-2H3,(H,25,26,28). The monoisotopic (exact) mass is 385 g/mol. The smallest absolute Gasteiger partial charge is 0.255 e. The maximum Gasteiger partial charge on any atom is 0.255 e. The molecule has 2 amide bonds. The molecule has 1 aromatic heterocycles. The van der Waals surface area contributed by atoms with Crippen LogP contribution in [0.3, 0.4) is 0 Å². The van der Waals surface area contributed by atoms with Crippen LogP contribution in [0.2, 0.25) is 0 Å². The number of rotatable bonds is 5. The number of aromatic nitrogens is 1. The third-order valence-corrected chi connectivity index (χ3v) is 5.22. The minimum atomic E-state index is -0.347. The van der Waals surface area contributed by atoms with E-state index in [2.05, 4.69) is 10.3 Å². The zero-order valence-electron chi connectivity index (χ0n) is 16.6. The number of carbonyl (C=O) groups excluding carboxylic acids is 2. The average molecular weight is 385 g/mol. The van der Waals surface area contributed by atoms with Crippen LogP contribution in [0.25, 0.3) is 0 Å². The predicted octanol–water partition coefficient (Wildman–Crippen LogP) is 4.42. The number of amides is 2. The van der Waals surface area contributed by atoms with Crippen molar-refractivity contribution in [3.05, 3.63) is 94.7 Å². The van der Waals surface area contributed by atoms with Crippen molar-refractivity contribution in [1.29, 1.82) is 0 Å². The van der Waals surface area contributed by atoms with Crippen LogP contribution in [0.5, 0.6) is 0 Å². The number of benzene rings is 2. The van der Waals surface area contributed by atoms with Gasteiger partial charge in [-0.2, -0.15) is 0 Å². The molecule has 0 fully saturated rings. The molecule has 146 valence electrons. The maximum absolute atomic E-state index is 13.0. The lowest BCUT2D eigenvalue weighted by Gasteiger charge is -2.28. The molecule has 0 saturated carbocycles. The van der Waals surface area contributed by atoms with Gasteiger partial charge < -0.3 is 10.2 Å². The third-order valence-electron chi connectivity index (χ3n) is 5.22. The van der Waals surface area contributed by atoms with E-state index in [4.69, 9.17) is 0 Å². The van der Waals surface area contributed by atoms with E-state index in [9.17, 15) is 9.59 Å². The molecule has 5 heteroatoms. The molecule has 29 heavy (non-hydrogen) atoms. The van der Waals surface area contributed by atoms with Crippen molar-refractivity contribution in [2.24, 2.45) is 0 Å². The first kappa shape index (κ1) is 18.9. The largest absolute Gasteiger partial charge is 0.327 e. The van der Waals surface area contributed by atoms with Crippen molar-refractivity contribution in [3.8, 4) is 0 Å². The zero-order valence-corrected chi connectivity index (χ0v) is 16.6. The number of hydrogen-bond donors (Lipinski definition) is 1. The number of aryl methyl sites for hydroxylation is 2. The number of pyridine rings is 1. The molecule has 0 aliphatic carbocycles. The van der Waals surface area contributed by atoms with Gasteiger partial charge in [0.2, 0.25) is 5.91 Å². The van der Waals surface area contributed by atoms with Crippen LogP contribution < -0.4 is 5.32 Å². The lowest BCUT2D eigenvalue weighted by molar-refractivity contribution is -0.117. The Morgan fingerprint density at radius 1 is 1.03 bits per heavy atom. The van der Waals surface area contributed by atoms with Crippen LogP contribution in [0.4, 0.5) is 5.82 Å². The molecule has 1 atom stereocenters. The molecule has 2 heterocycles. The SMILES string of the molecule is Cc1ccc(C(CC(=O)Nc2cccc(C)n2)N2Cc3ccccc3C2=O)cc1. The van der Waals surface area contributed by atoms with Gasteiger partial charge in [-0.1, -0.05) is 54.1 Å². The number of nitrogens with zero attached hydrogens (tertiary/aromatic N) is 2. The normalized spacial score (nSPS) is 13.9. The van der Waals surface area contributed by atoms with Gasteiger partial charge in [-0.15, -0.1) is 0 Å². The summed E-state index contributed by atoms with van der Waals surface area (Å²) >= 11 is 0. The summed E-state index contributed by atoms with van der Waals surface area (Å²) in [5.74, 6) is 0.318. The molecule has 4 rings (SSSR count). The summed E-state index contributed by atoms with van der Waals surface area (Å²) in [6.07, 6.45) is 0.165. The first-order valence-corrected chi connectivity index (χ1v) is 9.70. The van der Waals surface area contributed by atoms with Gasteiger partial charge in [-0.05, 0) is 43.2 Å². The van der Waals surface area contributed by atoms with E-state index in [-0.39, 0.29) is 24.3 Å². The minimum Gasteiger partial charge on any atom is -0.327 e. The molecule has 1 unspecified atom stereocenters. The number of fused-ring (bicyclic) bond motifs is 1. The highest BCUT2D eigenvalue weighted by molar-refractivity contribution is 5.99. The van der Waals surface area contributed by atoms with E-state index in [0.717, 1.165) is 22.4 Å². The number of nitrogens with one attached hydrogen (secondary N) is 1. The lowest BCUT2D eigenvalue weighted by atomic mass is 10.00. The van der Waals surface area contributed by atoms with Gasteiger partial charge in [0.1, 0.15) is 5.82 Å². The molecular formula is C24H23N3O2. The average Bonchev–Trinajstić information content (AvgIpc) is 3.04. The topological polar surface area (TPSA) is 62.3 Å². The zero-order chi connectivity index (χ0) is 20.4. The Balaban J connectivity index is 1.60. The Bertz CT molecular complexity index is 1060. The van der Waals surface area contributed by atoms with E-state index in [0.29, 0.717) is 17.9 Å². The summed E-state index contributed by atoms with van der Waals surface area (Å²) in [4.78, 5) is 32.0. The quantitative estimate of drug-likeness (QED) is 0.707. The Morgan fingerprint density at radius 2 is 1.79 bits per heavy atom. The van der Waals surface area contributed by atoms with E-state index < -0.39 is 0 Å². The minimum absolute atomic E-state index is 0.0346. The third kappa shape index (κ3) is 4.04. The molecule has 0 spiro atoms. The molecular weight excluding hydrogens is 362 g/mol. The number of hydrogen-bond acceptors (Lipinski definition) is 3. The Morgan fingerprint density at radius 3 is 2.52 bits per heavy atom. The summed E-state index contributed by atoms with van der Waals surface area (Å²) < 4.78 is 0. The van der Waals surface area contributed by atoms with E-state index in [1.54, 1.807) is 11.0 Å². The van der Waals surface area contributed by atoms with Crippen molar-refractivity contribution in [2.75, 3.05) is 5.32 Å². The molecule has 0 radical (unpaired) electrons. The van der Waals surface area contributed by atoms with E-state index in [1.807, 2.05) is 74.5 Å². The first-order valence-electron chi connectivity index (χ1n) is 9.70. The second-order valence-electron chi connectivity index (χ2n) is 7.43. The fourth-order valence-electron chi connectivity index (χ4n) is 3.71. The van der Waals surface area contributed by atoms with Crippen LogP contribution >= 0.6 is 0 Å². The summed E-state index contributed by atoms with van der Waals surface area (Å²) in [5.41, 5.74) is 4.63. The number of anilines is 1. The maximum atomic E-state index is 13.0. The second kappa shape index (κ2) is 7.87. The molecule has 5 nitrogen and oxygen atoms in total. The van der Waals surface area contributed by atoms with Crippen molar-refractivity contribution in [1.82, 2.24) is 9.88 Å². The van der Waals surface area contributed by atoms with Crippen LogP contribution in [-0.2, 0) is 11.3 Å². The van der Waals surface area contributed by atoms with Crippen LogP contribution in [-0.4, -0.2) is 21.7 Å². The van der Waals surface area contributed by atoms with Crippen LogP contribution in [0, 0.1) is 13.8 Å². The summed E-state index contributed by atoms with van der Waals surface area (Å²) in [6, 6.07) is 20.8. The summed E-state index contributed by atoms with van der Waals surface area (Å²) in [7, 11) is 0. The van der Waals surface area contributed by atoms with Gasteiger partial charge in [0, 0.05) is 17.8 Å². The van der Waals surface area contributed by atoms with Gasteiger partial charge >= 0.3 is 0 Å². The van der Waals surface area contributed by atoms with Crippen LogP contribution in [0.15, 0.2) is 66.7 Å². The molecule has 1 N–H and O–H groups in total. The van der Waals surface area contributed by atoms with Crippen molar-refractivity contribution in [3.63, 3.8) is 0 Å². The second-order valence-corrected chi connectivity index (χ2v) is 7.43. The molecule has 2 aromatic carbocycles. The summed E-state index contributed by atoms with van der Waals surface area (Å²) in [6.45, 7) is 4.40. The molecule has 1 aliphatic heterocycles. The highest BCUT2D eigenvalue weighted by Gasteiger charge is 2.34. The fraction of sp³-hybridized carbons (Fsp3) is 0.208. The van der Waals surface area contributed by atoms with Gasteiger partial charge in [0.15, 0.2) is 0 Å². The first-order chi connectivity index (χ1) is 14.0. The van der Waals surface area contributed by atoms with Crippen molar-refractivity contribution in [2.45, 2.75) is 32.9 Å². The van der Waals surface area contributed by atoms with E-state index in [1.165, 1.54) is 0 Å². The van der Waals surface area contributed by atoms with Gasteiger partial charge in [0.25, 0.3) is 5.91 Å². The molecule has 0 saturated heterocycles. The van der Waals surface area contributed by atoms with Gasteiger partial charge in [-0.3, -0.25) is 9.59 Å². The predicted molar refractivity (Wildman–Crippen MR) is 112 cm³/mol. The molecule has 0 bridgehead atoms. The van der Waals surface area contributed by atoms with Gasteiger partial charge in [0.05, 0.1) is 12.5 Å². The summed E-state index contributed by atoms with van der Waals surface area (Å²) in [5, 5.41) is 2.87. The van der Waals surface area contributed by atoms with Crippen molar-refractivity contribution < 1.29 is 9.59 Å². The van der Waals surface area contributed by atoms with Crippen LogP contribution in [0.1, 0.15) is 45.2 Å². The molecule has 3 aromatic rings. The number of carbonyl (C=O) groups is 2. The highest BCUT2D eigenvalue weighted by Crippen LogP contribution is 2.33. The highest BCUT2D eigenvalue weighted by atomic mass is 16.2. The van der Waals surface area contributed by atoms with E-state index >= 15 is 0 Å². The fourth-order valence-corrected chi connectivity index (χ4v) is 3.71. The Hall–Kier alpha value is -3.47. The van der Waals surface area contributed by atoms with Crippen molar-refractivity contribution >= 4 is 17.6 Å². The molecule has 1 aliphatic rings. The Kier molecular flexibility index (Phi) is 5.12. The van der Waals surface area contributed by atoms with Gasteiger partial charge in [-0.25, -0.2) is 4.98 Å². The Labute approximate surface area is 170 Å². The lowest BCUT2D eigenvalue weighted by Crippen LogP contribution is -2.32.